The van der Waals surface area contributed by atoms with Crippen LogP contribution in [0.4, 0.5) is 21.0 Å². The Morgan fingerprint density at radius 1 is 1.06 bits per heavy atom. The summed E-state index contributed by atoms with van der Waals surface area (Å²) in [4.78, 5) is 75.1. The summed E-state index contributed by atoms with van der Waals surface area (Å²) in [6.45, 7) is 0.162. The third-order valence-electron chi connectivity index (χ3n) is 10.1. The van der Waals surface area contributed by atoms with Crippen molar-refractivity contribution in [1.82, 2.24) is 25.5 Å². The SMILES string of the molecule is O=C1CCC(N2Cc3c(NC(=O)CCNC(=O)[C@]4(Cc5cccc(Nc6nccs6)n5)CC[C@@H](Oc5cccc(Cl)c5F)CC4)cccc3C2=O)C(=O)N1. The van der Waals surface area contributed by atoms with E-state index in [4.69, 9.17) is 21.3 Å². The number of nitrogens with one attached hydrogen (secondary N) is 4. The van der Waals surface area contributed by atoms with Crippen LogP contribution < -0.4 is 26.0 Å². The molecule has 280 valence electrons. The fourth-order valence-corrected chi connectivity index (χ4v) is 7.98. The quantitative estimate of drug-likeness (QED) is 0.135. The molecule has 13 nitrogen and oxygen atoms in total. The van der Waals surface area contributed by atoms with Gasteiger partial charge in [-0.2, -0.15) is 0 Å². The number of aromatic nitrogens is 2. The minimum Gasteiger partial charge on any atom is -0.487 e. The van der Waals surface area contributed by atoms with Crippen molar-refractivity contribution in [2.24, 2.45) is 5.41 Å². The van der Waals surface area contributed by atoms with Crippen molar-refractivity contribution in [3.05, 3.63) is 93.8 Å². The Balaban J connectivity index is 1.000. The van der Waals surface area contributed by atoms with Gasteiger partial charge in [-0.3, -0.25) is 29.3 Å². The van der Waals surface area contributed by atoms with Crippen molar-refractivity contribution in [2.45, 2.75) is 70.1 Å². The number of rotatable bonds is 12. The number of anilines is 3. The molecule has 5 amide bonds. The predicted octanol–water partition coefficient (Wildman–Crippen LogP) is 5.53. The zero-order chi connectivity index (χ0) is 37.8. The van der Waals surface area contributed by atoms with E-state index in [1.807, 2.05) is 23.6 Å². The third kappa shape index (κ3) is 8.06. The second kappa shape index (κ2) is 15.9. The summed E-state index contributed by atoms with van der Waals surface area (Å²) in [6, 6.07) is 14.4. The van der Waals surface area contributed by atoms with Gasteiger partial charge in [-0.25, -0.2) is 14.4 Å². The normalized spacial score (nSPS) is 20.9. The summed E-state index contributed by atoms with van der Waals surface area (Å²) in [6.07, 6.45) is 3.82. The maximum Gasteiger partial charge on any atom is 0.255 e. The number of hydrogen-bond donors (Lipinski definition) is 4. The molecule has 0 bridgehead atoms. The lowest BCUT2D eigenvalue weighted by molar-refractivity contribution is -0.137. The van der Waals surface area contributed by atoms with Crippen molar-refractivity contribution in [3.63, 3.8) is 0 Å². The van der Waals surface area contributed by atoms with Gasteiger partial charge in [0, 0.05) is 66.4 Å². The number of amides is 5. The summed E-state index contributed by atoms with van der Waals surface area (Å²) in [5.41, 5.74) is 1.22. The third-order valence-corrected chi connectivity index (χ3v) is 11.0. The van der Waals surface area contributed by atoms with Gasteiger partial charge < -0.3 is 25.6 Å². The topological polar surface area (TPSA) is 172 Å². The molecular formula is C38H37ClFN7O6S. The first-order valence-electron chi connectivity index (χ1n) is 17.7. The van der Waals surface area contributed by atoms with Crippen molar-refractivity contribution < 1.29 is 33.1 Å². The number of piperidine rings is 1. The number of nitrogens with zero attached hydrogens (tertiary/aromatic N) is 3. The maximum absolute atomic E-state index is 14.6. The summed E-state index contributed by atoms with van der Waals surface area (Å²) < 4.78 is 20.6. The van der Waals surface area contributed by atoms with Crippen LogP contribution in [0.5, 0.6) is 5.75 Å². The van der Waals surface area contributed by atoms with Crippen LogP contribution in [0.2, 0.25) is 5.02 Å². The van der Waals surface area contributed by atoms with E-state index in [1.54, 1.807) is 30.5 Å². The first-order valence-corrected chi connectivity index (χ1v) is 18.9. The number of hydrogen-bond acceptors (Lipinski definition) is 10. The second-order valence-electron chi connectivity index (χ2n) is 13.6. The average molecular weight is 774 g/mol. The zero-order valence-corrected chi connectivity index (χ0v) is 30.6. The number of fused-ring (bicyclic) bond motifs is 1. The van der Waals surface area contributed by atoms with Gasteiger partial charge in [0.1, 0.15) is 11.9 Å². The first kappa shape index (κ1) is 36.9. The van der Waals surface area contributed by atoms with Crippen molar-refractivity contribution >= 4 is 69.1 Å². The predicted molar refractivity (Wildman–Crippen MR) is 199 cm³/mol. The molecule has 1 aliphatic carbocycles. The standard InChI is InChI=1S/C38H37ClFN7O6S/c39-26-6-3-8-29(33(26)40)53-23-12-15-38(16-13-23,20-22-4-1-9-30(43-22)45-37-42-18-19-54-37)36(52)41-17-14-32(49)44-27-7-2-5-24-25(27)21-47(35(24)51)28-10-11-31(48)46-34(28)50/h1-9,18-19,23,28H,10-17,20-21H2,(H,41,52)(H,44,49)(H,42,43,45)(H,46,48,50)/t23-,28?,38-. The Labute approximate surface area is 319 Å². The number of thiazole rings is 1. The summed E-state index contributed by atoms with van der Waals surface area (Å²) in [5, 5.41) is 13.8. The molecular weight excluding hydrogens is 737 g/mol. The molecule has 0 radical (unpaired) electrons. The Kier molecular flexibility index (Phi) is 10.9. The van der Waals surface area contributed by atoms with E-state index in [-0.39, 0.29) is 72.9 Å². The minimum atomic E-state index is -0.879. The van der Waals surface area contributed by atoms with E-state index in [0.29, 0.717) is 65.6 Å². The van der Waals surface area contributed by atoms with Gasteiger partial charge in [-0.1, -0.05) is 29.8 Å². The Morgan fingerprint density at radius 3 is 2.63 bits per heavy atom. The Morgan fingerprint density at radius 2 is 1.85 bits per heavy atom. The summed E-state index contributed by atoms with van der Waals surface area (Å²) in [5.74, 6) is -1.79. The van der Waals surface area contributed by atoms with Gasteiger partial charge in [0.25, 0.3) is 5.91 Å². The highest BCUT2D eigenvalue weighted by atomic mass is 35.5. The molecule has 1 atom stereocenters. The van der Waals surface area contributed by atoms with Crippen LogP contribution in [-0.2, 0) is 32.1 Å². The van der Waals surface area contributed by atoms with Crippen LogP contribution in [0.25, 0.3) is 0 Å². The first-order chi connectivity index (χ1) is 26.1. The van der Waals surface area contributed by atoms with E-state index >= 15 is 0 Å². The second-order valence-corrected chi connectivity index (χ2v) is 14.9. The van der Waals surface area contributed by atoms with Gasteiger partial charge in [-0.15, -0.1) is 11.3 Å². The van der Waals surface area contributed by atoms with Crippen molar-refractivity contribution in [2.75, 3.05) is 17.2 Å². The fourth-order valence-electron chi connectivity index (χ4n) is 7.28. The van der Waals surface area contributed by atoms with Crippen LogP contribution in [0.1, 0.15) is 66.6 Å². The number of carbonyl (C=O) groups excluding carboxylic acids is 5. The monoisotopic (exact) mass is 773 g/mol. The molecule has 1 saturated carbocycles. The smallest absolute Gasteiger partial charge is 0.255 e. The van der Waals surface area contributed by atoms with Gasteiger partial charge in [-0.05, 0) is 68.5 Å². The van der Waals surface area contributed by atoms with Gasteiger partial charge >= 0.3 is 0 Å². The molecule has 2 fully saturated rings. The molecule has 16 heteroatoms. The average Bonchev–Trinajstić information content (AvgIpc) is 3.79. The van der Waals surface area contributed by atoms with Gasteiger partial charge in [0.15, 0.2) is 16.7 Å². The van der Waals surface area contributed by atoms with Crippen LogP contribution in [0.15, 0.2) is 66.2 Å². The lowest BCUT2D eigenvalue weighted by atomic mass is 9.69. The molecule has 2 aromatic heterocycles. The fraction of sp³-hybridized carbons (Fsp3) is 0.342. The molecule has 0 spiro atoms. The summed E-state index contributed by atoms with van der Waals surface area (Å²) >= 11 is 7.41. The van der Waals surface area contributed by atoms with E-state index < -0.39 is 23.2 Å². The van der Waals surface area contributed by atoms with Gasteiger partial charge in [0.2, 0.25) is 23.6 Å². The molecule has 2 aliphatic heterocycles. The molecule has 4 N–H and O–H groups in total. The lowest BCUT2D eigenvalue weighted by Crippen LogP contribution is -2.52. The summed E-state index contributed by atoms with van der Waals surface area (Å²) in [7, 11) is 0. The number of imide groups is 1. The molecule has 1 saturated heterocycles. The Hall–Kier alpha value is -5.41. The molecule has 7 rings (SSSR count). The van der Waals surface area contributed by atoms with Crippen LogP contribution in [0.3, 0.4) is 0 Å². The minimum absolute atomic E-state index is 0.0299. The Bertz CT molecular complexity index is 2090. The highest BCUT2D eigenvalue weighted by Crippen LogP contribution is 2.41. The zero-order valence-electron chi connectivity index (χ0n) is 29.0. The van der Waals surface area contributed by atoms with Crippen molar-refractivity contribution in [1.29, 1.82) is 0 Å². The number of halogens is 2. The van der Waals surface area contributed by atoms with Crippen molar-refractivity contribution in [3.8, 4) is 5.75 Å². The molecule has 4 aromatic rings. The van der Waals surface area contributed by atoms with E-state index in [0.717, 1.165) is 0 Å². The number of pyridine rings is 1. The lowest BCUT2D eigenvalue weighted by Gasteiger charge is -2.39. The highest BCUT2D eigenvalue weighted by molar-refractivity contribution is 7.13. The molecule has 4 heterocycles. The molecule has 3 aliphatic rings. The number of ether oxygens (including phenoxy) is 1. The number of carbonyl (C=O) groups is 5. The molecule has 1 unspecified atom stereocenters. The van der Waals surface area contributed by atoms with Crippen LogP contribution in [-0.4, -0.2) is 63.1 Å². The van der Waals surface area contributed by atoms with Crippen LogP contribution >= 0.6 is 22.9 Å². The molecule has 2 aromatic carbocycles. The van der Waals surface area contributed by atoms with E-state index in [1.165, 1.54) is 28.4 Å². The number of benzene rings is 2. The van der Waals surface area contributed by atoms with E-state index in [9.17, 15) is 28.4 Å². The highest BCUT2D eigenvalue weighted by Gasteiger charge is 2.43. The molecule has 54 heavy (non-hydrogen) atoms. The van der Waals surface area contributed by atoms with E-state index in [2.05, 4.69) is 26.3 Å². The van der Waals surface area contributed by atoms with Crippen LogP contribution in [0, 0.1) is 11.2 Å². The van der Waals surface area contributed by atoms with Gasteiger partial charge in [0.05, 0.1) is 16.5 Å². The maximum atomic E-state index is 14.6. The largest absolute Gasteiger partial charge is 0.487 e.